The molecule has 1 aromatic rings. The molecule has 0 aliphatic carbocycles. The molecule has 0 unspecified atom stereocenters. The number of rotatable bonds is 10. The van der Waals surface area contributed by atoms with Gasteiger partial charge in [0.05, 0.1) is 7.11 Å². The van der Waals surface area contributed by atoms with Crippen molar-refractivity contribution >= 4 is 11.6 Å². The number of hydrogen-bond acceptors (Lipinski definition) is 2. The van der Waals surface area contributed by atoms with Crippen LogP contribution in [0.1, 0.15) is 44.6 Å². The fraction of sp³-hybridized carbons (Fsp3) is 0.625. The maximum absolute atomic E-state index is 6.22. The fourth-order valence-electron chi connectivity index (χ4n) is 2.08. The van der Waals surface area contributed by atoms with Crippen molar-refractivity contribution in [3.63, 3.8) is 0 Å². The van der Waals surface area contributed by atoms with E-state index in [-0.39, 0.29) is 0 Å². The molecule has 0 atom stereocenters. The second-order valence-electron chi connectivity index (χ2n) is 4.87. The minimum Gasteiger partial charge on any atom is -0.497 e. The molecule has 0 aromatic heterocycles. The molecule has 0 bridgehead atoms. The first-order chi connectivity index (χ1) is 9.27. The van der Waals surface area contributed by atoms with Crippen LogP contribution in [0.2, 0.25) is 5.02 Å². The highest BCUT2D eigenvalue weighted by Crippen LogP contribution is 2.23. The molecule has 1 rings (SSSR count). The monoisotopic (exact) mass is 283 g/mol. The van der Waals surface area contributed by atoms with Gasteiger partial charge in [0.1, 0.15) is 5.75 Å². The third-order valence-corrected chi connectivity index (χ3v) is 3.59. The summed E-state index contributed by atoms with van der Waals surface area (Å²) in [5, 5.41) is 4.25. The molecule has 0 heterocycles. The van der Waals surface area contributed by atoms with Gasteiger partial charge in [0, 0.05) is 5.02 Å². The Hall–Kier alpha value is -0.730. The van der Waals surface area contributed by atoms with Gasteiger partial charge in [-0.25, -0.2) is 0 Å². The van der Waals surface area contributed by atoms with Crippen molar-refractivity contribution in [1.82, 2.24) is 5.32 Å². The van der Waals surface area contributed by atoms with Crippen LogP contribution in [0.5, 0.6) is 5.75 Å². The lowest BCUT2D eigenvalue weighted by Crippen LogP contribution is -2.15. The van der Waals surface area contributed by atoms with Crippen LogP contribution in [0.25, 0.3) is 0 Å². The van der Waals surface area contributed by atoms with Crippen LogP contribution in [0.3, 0.4) is 0 Å². The minimum atomic E-state index is 0.823. The number of ether oxygens (including phenoxy) is 1. The zero-order chi connectivity index (χ0) is 13.9. The van der Waals surface area contributed by atoms with Crippen LogP contribution >= 0.6 is 11.6 Å². The van der Waals surface area contributed by atoms with Crippen molar-refractivity contribution in [3.05, 3.63) is 28.8 Å². The van der Waals surface area contributed by atoms with E-state index in [9.17, 15) is 0 Å². The molecule has 0 spiro atoms. The Labute approximate surface area is 122 Å². The molecule has 108 valence electrons. The summed E-state index contributed by atoms with van der Waals surface area (Å²) in [4.78, 5) is 0. The van der Waals surface area contributed by atoms with E-state index in [4.69, 9.17) is 16.3 Å². The lowest BCUT2D eigenvalue weighted by Gasteiger charge is -2.07. The van der Waals surface area contributed by atoms with Crippen molar-refractivity contribution in [3.8, 4) is 5.75 Å². The van der Waals surface area contributed by atoms with Gasteiger partial charge in [-0.1, -0.05) is 37.4 Å². The van der Waals surface area contributed by atoms with E-state index >= 15 is 0 Å². The second-order valence-corrected chi connectivity index (χ2v) is 5.28. The Morgan fingerprint density at radius 1 is 1.11 bits per heavy atom. The molecular weight excluding hydrogens is 258 g/mol. The average Bonchev–Trinajstić information content (AvgIpc) is 2.43. The second kappa shape index (κ2) is 10.1. The summed E-state index contributed by atoms with van der Waals surface area (Å²) >= 11 is 6.22. The molecule has 0 saturated carbocycles. The predicted octanol–water partition coefficient (Wildman–Crippen LogP) is 4.45. The van der Waals surface area contributed by atoms with Crippen LogP contribution in [-0.4, -0.2) is 20.2 Å². The van der Waals surface area contributed by atoms with Gasteiger partial charge in [-0.15, -0.1) is 0 Å². The SMILES string of the molecule is CCCNCCCCCCc1ccc(OC)cc1Cl. The van der Waals surface area contributed by atoms with Gasteiger partial charge in [0.2, 0.25) is 0 Å². The average molecular weight is 284 g/mol. The Balaban J connectivity index is 2.12. The Kier molecular flexibility index (Phi) is 8.68. The normalized spacial score (nSPS) is 10.7. The summed E-state index contributed by atoms with van der Waals surface area (Å²) in [6.07, 6.45) is 7.33. The molecule has 0 fully saturated rings. The van der Waals surface area contributed by atoms with Crippen molar-refractivity contribution in [2.45, 2.75) is 45.4 Å². The fourth-order valence-corrected chi connectivity index (χ4v) is 2.34. The van der Waals surface area contributed by atoms with E-state index < -0.39 is 0 Å². The highest BCUT2D eigenvalue weighted by atomic mass is 35.5. The highest BCUT2D eigenvalue weighted by molar-refractivity contribution is 6.31. The van der Waals surface area contributed by atoms with Crippen molar-refractivity contribution in [1.29, 1.82) is 0 Å². The van der Waals surface area contributed by atoms with Crippen LogP contribution in [-0.2, 0) is 6.42 Å². The molecule has 0 radical (unpaired) electrons. The molecule has 19 heavy (non-hydrogen) atoms. The standard InChI is InChI=1S/C16H26ClNO/c1-3-11-18-12-7-5-4-6-8-14-9-10-15(19-2)13-16(14)17/h9-10,13,18H,3-8,11-12H2,1-2H3. The van der Waals surface area contributed by atoms with E-state index in [0.29, 0.717) is 0 Å². The van der Waals surface area contributed by atoms with Crippen LogP contribution < -0.4 is 10.1 Å². The van der Waals surface area contributed by atoms with Gasteiger partial charge in [-0.2, -0.15) is 0 Å². The summed E-state index contributed by atoms with van der Waals surface area (Å²) in [6.45, 7) is 4.49. The summed E-state index contributed by atoms with van der Waals surface area (Å²) in [5.41, 5.74) is 1.23. The summed E-state index contributed by atoms with van der Waals surface area (Å²) in [6, 6.07) is 5.95. The van der Waals surface area contributed by atoms with Crippen molar-refractivity contribution in [2.75, 3.05) is 20.2 Å². The molecule has 0 saturated heterocycles. The molecule has 3 heteroatoms. The molecular formula is C16H26ClNO. The molecule has 1 aromatic carbocycles. The molecule has 0 aliphatic rings. The predicted molar refractivity (Wildman–Crippen MR) is 83.3 cm³/mol. The van der Waals surface area contributed by atoms with E-state index in [1.54, 1.807) is 7.11 Å². The highest BCUT2D eigenvalue weighted by Gasteiger charge is 2.02. The minimum absolute atomic E-state index is 0.823. The van der Waals surface area contributed by atoms with Gasteiger partial charge in [-0.05, 0) is 56.5 Å². The van der Waals surface area contributed by atoms with E-state index in [1.165, 1.54) is 37.7 Å². The van der Waals surface area contributed by atoms with Gasteiger partial charge >= 0.3 is 0 Å². The lowest BCUT2D eigenvalue weighted by atomic mass is 10.1. The van der Waals surface area contributed by atoms with E-state index in [1.807, 2.05) is 12.1 Å². The number of halogens is 1. The van der Waals surface area contributed by atoms with E-state index in [0.717, 1.165) is 30.3 Å². The lowest BCUT2D eigenvalue weighted by molar-refractivity contribution is 0.414. The zero-order valence-corrected chi connectivity index (χ0v) is 12.9. The zero-order valence-electron chi connectivity index (χ0n) is 12.2. The van der Waals surface area contributed by atoms with Crippen LogP contribution in [0, 0.1) is 0 Å². The first-order valence-corrected chi connectivity index (χ1v) is 7.69. The molecule has 2 nitrogen and oxygen atoms in total. The third-order valence-electron chi connectivity index (χ3n) is 3.24. The number of nitrogens with one attached hydrogen (secondary N) is 1. The van der Waals surface area contributed by atoms with Gasteiger partial charge in [0.15, 0.2) is 0 Å². The largest absolute Gasteiger partial charge is 0.497 e. The van der Waals surface area contributed by atoms with E-state index in [2.05, 4.69) is 18.3 Å². The number of unbranched alkanes of at least 4 members (excludes halogenated alkanes) is 3. The van der Waals surface area contributed by atoms with Gasteiger partial charge in [-0.3, -0.25) is 0 Å². The molecule has 0 aliphatic heterocycles. The maximum atomic E-state index is 6.22. The number of methoxy groups -OCH3 is 1. The number of benzene rings is 1. The summed E-state index contributed by atoms with van der Waals surface area (Å²) in [5.74, 6) is 0.829. The summed E-state index contributed by atoms with van der Waals surface area (Å²) in [7, 11) is 1.66. The maximum Gasteiger partial charge on any atom is 0.120 e. The first kappa shape index (κ1) is 16.3. The van der Waals surface area contributed by atoms with Crippen LogP contribution in [0.4, 0.5) is 0 Å². The van der Waals surface area contributed by atoms with Crippen LogP contribution in [0.15, 0.2) is 18.2 Å². The Bertz CT molecular complexity index is 355. The smallest absolute Gasteiger partial charge is 0.120 e. The van der Waals surface area contributed by atoms with Crippen molar-refractivity contribution < 1.29 is 4.74 Å². The Morgan fingerprint density at radius 3 is 2.58 bits per heavy atom. The molecule has 1 N–H and O–H groups in total. The number of hydrogen-bond donors (Lipinski definition) is 1. The topological polar surface area (TPSA) is 21.3 Å². The summed E-state index contributed by atoms with van der Waals surface area (Å²) < 4.78 is 5.15. The Morgan fingerprint density at radius 2 is 1.89 bits per heavy atom. The first-order valence-electron chi connectivity index (χ1n) is 7.31. The van der Waals surface area contributed by atoms with Gasteiger partial charge in [0.25, 0.3) is 0 Å². The third kappa shape index (κ3) is 6.84. The van der Waals surface area contributed by atoms with Crippen molar-refractivity contribution in [2.24, 2.45) is 0 Å². The quantitative estimate of drug-likeness (QED) is 0.641. The van der Waals surface area contributed by atoms with Gasteiger partial charge < -0.3 is 10.1 Å². The number of aryl methyl sites for hydroxylation is 1. The molecule has 0 amide bonds.